The summed E-state index contributed by atoms with van der Waals surface area (Å²) in [5, 5.41) is 7.62. The average molecular weight is 335 g/mol. The van der Waals surface area contributed by atoms with Gasteiger partial charge in [-0.05, 0) is 19.1 Å². The van der Waals surface area contributed by atoms with Gasteiger partial charge in [0.2, 0.25) is 0 Å². The number of para-hydroxylation sites is 1. The van der Waals surface area contributed by atoms with Gasteiger partial charge in [-0.15, -0.1) is 0 Å². The summed E-state index contributed by atoms with van der Waals surface area (Å²) >= 11 is 0. The summed E-state index contributed by atoms with van der Waals surface area (Å²) in [6.45, 7) is 2.84. The Balaban J connectivity index is 2.08. The number of ether oxygens (including phenoxy) is 1. The second-order valence-electron chi connectivity index (χ2n) is 5.67. The lowest BCUT2D eigenvalue weighted by atomic mass is 10.1. The van der Waals surface area contributed by atoms with Crippen molar-refractivity contribution in [2.45, 2.75) is 6.92 Å². The van der Waals surface area contributed by atoms with Crippen LogP contribution in [0.25, 0.3) is 16.9 Å². The summed E-state index contributed by atoms with van der Waals surface area (Å²) < 4.78 is 6.83. The van der Waals surface area contributed by atoms with Gasteiger partial charge in [-0.1, -0.05) is 48.5 Å². The molecule has 1 N–H and O–H groups in total. The molecule has 0 bridgehead atoms. The van der Waals surface area contributed by atoms with Gasteiger partial charge >= 0.3 is 0 Å². The molecule has 0 radical (unpaired) electrons. The maximum atomic E-state index is 12.8. The third kappa shape index (κ3) is 3.61. The van der Waals surface area contributed by atoms with E-state index in [1.54, 1.807) is 7.11 Å². The van der Waals surface area contributed by atoms with Crippen LogP contribution >= 0.6 is 0 Å². The van der Waals surface area contributed by atoms with Crippen molar-refractivity contribution in [2.24, 2.45) is 0 Å². The molecule has 0 fully saturated rings. The minimum atomic E-state index is -0.143. The summed E-state index contributed by atoms with van der Waals surface area (Å²) in [4.78, 5) is 12.8. The molecule has 0 unspecified atom stereocenters. The van der Waals surface area contributed by atoms with Crippen molar-refractivity contribution < 1.29 is 9.53 Å². The lowest BCUT2D eigenvalue weighted by Gasteiger charge is -2.07. The fourth-order valence-electron chi connectivity index (χ4n) is 2.75. The minimum Gasteiger partial charge on any atom is -0.383 e. The first-order chi connectivity index (χ1) is 12.2. The van der Waals surface area contributed by atoms with Crippen molar-refractivity contribution in [3.63, 3.8) is 0 Å². The molecule has 0 saturated heterocycles. The lowest BCUT2D eigenvalue weighted by Crippen LogP contribution is -2.27. The fraction of sp³-hybridized carbons (Fsp3) is 0.200. The maximum Gasteiger partial charge on any atom is 0.255 e. The Bertz CT molecular complexity index is 842. The average Bonchev–Trinajstić information content (AvgIpc) is 3.00. The number of hydrogen-bond donors (Lipinski definition) is 1. The first-order valence-electron chi connectivity index (χ1n) is 8.20. The molecule has 5 heteroatoms. The predicted molar refractivity (Wildman–Crippen MR) is 97.9 cm³/mol. The third-order valence-corrected chi connectivity index (χ3v) is 3.98. The maximum absolute atomic E-state index is 12.8. The van der Waals surface area contributed by atoms with Crippen LogP contribution < -0.4 is 5.32 Å². The molecular weight excluding hydrogens is 314 g/mol. The van der Waals surface area contributed by atoms with Crippen LogP contribution in [-0.2, 0) is 4.74 Å². The van der Waals surface area contributed by atoms with Crippen LogP contribution in [0.2, 0.25) is 0 Å². The summed E-state index contributed by atoms with van der Waals surface area (Å²) in [5.41, 5.74) is 3.91. The van der Waals surface area contributed by atoms with Gasteiger partial charge in [0.25, 0.3) is 5.91 Å². The van der Waals surface area contributed by atoms with Gasteiger partial charge in [0, 0.05) is 19.2 Å². The van der Waals surface area contributed by atoms with Gasteiger partial charge in [0.15, 0.2) is 0 Å². The molecule has 0 aliphatic heterocycles. The molecule has 5 nitrogen and oxygen atoms in total. The number of carbonyl (C=O) groups excluding carboxylic acids is 1. The van der Waals surface area contributed by atoms with Crippen LogP contribution in [0.5, 0.6) is 0 Å². The van der Waals surface area contributed by atoms with Crippen LogP contribution in [0.15, 0.2) is 60.7 Å². The normalized spacial score (nSPS) is 10.6. The van der Waals surface area contributed by atoms with Crippen molar-refractivity contribution in [3.8, 4) is 16.9 Å². The molecule has 3 rings (SSSR count). The molecule has 0 aliphatic carbocycles. The number of aromatic nitrogens is 2. The Kier molecular flexibility index (Phi) is 5.26. The topological polar surface area (TPSA) is 56.1 Å². The quantitative estimate of drug-likeness (QED) is 0.704. The Morgan fingerprint density at radius 1 is 1.08 bits per heavy atom. The highest BCUT2D eigenvalue weighted by Crippen LogP contribution is 2.27. The van der Waals surface area contributed by atoms with Crippen LogP contribution in [-0.4, -0.2) is 35.9 Å². The van der Waals surface area contributed by atoms with Crippen LogP contribution in [0.3, 0.4) is 0 Å². The van der Waals surface area contributed by atoms with E-state index in [4.69, 9.17) is 9.84 Å². The zero-order chi connectivity index (χ0) is 17.6. The smallest absolute Gasteiger partial charge is 0.255 e. The van der Waals surface area contributed by atoms with E-state index in [0.717, 1.165) is 16.9 Å². The van der Waals surface area contributed by atoms with E-state index >= 15 is 0 Å². The van der Waals surface area contributed by atoms with Crippen molar-refractivity contribution in [2.75, 3.05) is 20.3 Å². The van der Waals surface area contributed by atoms with Crippen LogP contribution in [0, 0.1) is 6.92 Å². The molecule has 0 aliphatic rings. The molecule has 128 valence electrons. The molecule has 3 aromatic rings. The SMILES string of the molecule is COCCNC(=O)c1c(-c2ccccc2)nn(-c2ccccc2)c1C. The molecule has 25 heavy (non-hydrogen) atoms. The molecule has 0 spiro atoms. The molecule has 1 aromatic heterocycles. The third-order valence-electron chi connectivity index (χ3n) is 3.98. The summed E-state index contributed by atoms with van der Waals surface area (Å²) in [7, 11) is 1.61. The number of carbonyl (C=O) groups is 1. The van der Waals surface area contributed by atoms with E-state index in [2.05, 4.69) is 5.32 Å². The van der Waals surface area contributed by atoms with E-state index in [9.17, 15) is 4.79 Å². The molecule has 0 saturated carbocycles. The van der Waals surface area contributed by atoms with Gasteiger partial charge in [-0.2, -0.15) is 5.10 Å². The number of nitrogens with one attached hydrogen (secondary N) is 1. The Morgan fingerprint density at radius 2 is 1.72 bits per heavy atom. The number of methoxy groups -OCH3 is 1. The van der Waals surface area contributed by atoms with E-state index < -0.39 is 0 Å². The number of hydrogen-bond acceptors (Lipinski definition) is 3. The largest absolute Gasteiger partial charge is 0.383 e. The van der Waals surface area contributed by atoms with Crippen LogP contribution in [0.1, 0.15) is 16.1 Å². The zero-order valence-electron chi connectivity index (χ0n) is 14.4. The molecule has 2 aromatic carbocycles. The van der Waals surface area contributed by atoms with E-state index in [0.29, 0.717) is 24.4 Å². The van der Waals surface area contributed by atoms with Gasteiger partial charge in [-0.25, -0.2) is 4.68 Å². The summed E-state index contributed by atoms with van der Waals surface area (Å²) in [6, 6.07) is 19.6. The van der Waals surface area contributed by atoms with Gasteiger partial charge in [0.05, 0.1) is 23.6 Å². The monoisotopic (exact) mass is 335 g/mol. The Hall–Kier alpha value is -2.92. The highest BCUT2D eigenvalue weighted by atomic mass is 16.5. The fourth-order valence-corrected chi connectivity index (χ4v) is 2.75. The first-order valence-corrected chi connectivity index (χ1v) is 8.20. The Labute approximate surface area is 147 Å². The second kappa shape index (κ2) is 7.77. The number of rotatable bonds is 6. The second-order valence-corrected chi connectivity index (χ2v) is 5.67. The van der Waals surface area contributed by atoms with Gasteiger partial charge in [0.1, 0.15) is 5.69 Å². The summed E-state index contributed by atoms with van der Waals surface area (Å²) in [6.07, 6.45) is 0. The van der Waals surface area contributed by atoms with Gasteiger partial charge in [-0.3, -0.25) is 4.79 Å². The number of nitrogens with zero attached hydrogens (tertiary/aromatic N) is 2. The van der Waals surface area contributed by atoms with Crippen molar-refractivity contribution in [1.29, 1.82) is 0 Å². The number of amides is 1. The first kappa shape index (κ1) is 16.9. The molecular formula is C20H21N3O2. The van der Waals surface area contributed by atoms with Crippen LogP contribution in [0.4, 0.5) is 0 Å². The predicted octanol–water partition coefficient (Wildman–Crippen LogP) is 3.22. The van der Waals surface area contributed by atoms with Gasteiger partial charge < -0.3 is 10.1 Å². The summed E-state index contributed by atoms with van der Waals surface area (Å²) in [5.74, 6) is -0.143. The molecule has 1 amide bonds. The lowest BCUT2D eigenvalue weighted by molar-refractivity contribution is 0.0937. The zero-order valence-corrected chi connectivity index (χ0v) is 14.4. The minimum absolute atomic E-state index is 0.143. The van der Waals surface area contributed by atoms with E-state index in [1.807, 2.05) is 72.3 Å². The van der Waals surface area contributed by atoms with E-state index in [-0.39, 0.29) is 5.91 Å². The molecule has 1 heterocycles. The van der Waals surface area contributed by atoms with Crippen molar-refractivity contribution in [1.82, 2.24) is 15.1 Å². The standard InChI is InChI=1S/C20H21N3O2/c1-15-18(20(24)21-13-14-25-2)19(16-9-5-3-6-10-16)22-23(15)17-11-7-4-8-12-17/h3-12H,13-14H2,1-2H3,(H,21,24). The molecule has 0 atom stereocenters. The highest BCUT2D eigenvalue weighted by molar-refractivity contribution is 6.01. The Morgan fingerprint density at radius 3 is 2.36 bits per heavy atom. The van der Waals surface area contributed by atoms with Crippen molar-refractivity contribution in [3.05, 3.63) is 71.9 Å². The van der Waals surface area contributed by atoms with E-state index in [1.165, 1.54) is 0 Å². The van der Waals surface area contributed by atoms with Crippen molar-refractivity contribution >= 4 is 5.91 Å². The highest BCUT2D eigenvalue weighted by Gasteiger charge is 2.22. The number of benzene rings is 2.